The van der Waals surface area contributed by atoms with Crippen LogP contribution in [-0.2, 0) is 4.74 Å². The van der Waals surface area contributed by atoms with E-state index in [2.05, 4.69) is 5.32 Å². The molecule has 1 amide bonds. The Morgan fingerprint density at radius 3 is 2.44 bits per heavy atom. The molecule has 1 N–H and O–H groups in total. The van der Waals surface area contributed by atoms with E-state index in [0.29, 0.717) is 12.1 Å². The number of piperidine rings is 2. The lowest BCUT2D eigenvalue weighted by Gasteiger charge is -2.45. The van der Waals surface area contributed by atoms with Gasteiger partial charge in [0.05, 0.1) is 0 Å². The minimum Gasteiger partial charge on any atom is -0.444 e. The molecule has 94 valence electrons. The third-order valence-corrected chi connectivity index (χ3v) is 2.98. The number of halogens is 1. The first-order valence-electron chi connectivity index (χ1n) is 5.69. The average Bonchev–Trinajstić information content (AvgIpc) is 2.17. The zero-order chi connectivity index (χ0) is 11.1. The number of hydrogen-bond acceptors (Lipinski definition) is 3. The first-order chi connectivity index (χ1) is 6.96. The fourth-order valence-corrected chi connectivity index (χ4v) is 2.25. The minimum atomic E-state index is -0.388. The summed E-state index contributed by atoms with van der Waals surface area (Å²) in [5, 5.41) is 3.42. The molecule has 0 aromatic carbocycles. The van der Waals surface area contributed by atoms with Gasteiger partial charge in [-0.3, -0.25) is 0 Å². The van der Waals surface area contributed by atoms with Crippen molar-refractivity contribution in [3.8, 4) is 0 Å². The summed E-state index contributed by atoms with van der Waals surface area (Å²) < 4.78 is 5.39. The van der Waals surface area contributed by atoms with Crippen LogP contribution >= 0.6 is 12.4 Å². The second kappa shape index (κ2) is 4.80. The Balaban J connectivity index is 0.00000128. The molecule has 0 aromatic rings. The molecule has 3 fully saturated rings. The number of nitrogens with zero attached hydrogens (tertiary/aromatic N) is 1. The lowest BCUT2D eigenvalue weighted by atomic mass is 9.93. The van der Waals surface area contributed by atoms with Gasteiger partial charge in [-0.2, -0.15) is 0 Å². The second-order valence-corrected chi connectivity index (χ2v) is 5.47. The predicted octanol–water partition coefficient (Wildman–Crippen LogP) is 1.78. The van der Waals surface area contributed by atoms with Gasteiger partial charge >= 0.3 is 6.09 Å². The number of piperazine rings is 1. The number of nitrogens with one attached hydrogen (secondary N) is 1. The van der Waals surface area contributed by atoms with Gasteiger partial charge in [0.2, 0.25) is 0 Å². The maximum Gasteiger partial charge on any atom is 0.410 e. The molecule has 2 bridgehead atoms. The molecular formula is C11H21ClN2O2. The highest BCUT2D eigenvalue weighted by molar-refractivity contribution is 5.85. The average molecular weight is 249 g/mol. The molecule has 0 unspecified atom stereocenters. The minimum absolute atomic E-state index is 0. The quantitative estimate of drug-likeness (QED) is 0.711. The van der Waals surface area contributed by atoms with E-state index < -0.39 is 0 Å². The van der Waals surface area contributed by atoms with Crippen molar-refractivity contribution in [1.82, 2.24) is 10.2 Å². The van der Waals surface area contributed by atoms with Crippen LogP contribution in [0.5, 0.6) is 0 Å². The zero-order valence-corrected chi connectivity index (χ0v) is 11.0. The molecule has 0 aromatic heterocycles. The molecule has 3 saturated heterocycles. The third kappa shape index (κ3) is 3.01. The summed E-state index contributed by atoms with van der Waals surface area (Å²) in [6.07, 6.45) is 2.14. The molecule has 4 nitrogen and oxygen atoms in total. The zero-order valence-electron chi connectivity index (χ0n) is 10.2. The summed E-state index contributed by atoms with van der Waals surface area (Å²) in [5.41, 5.74) is -0.388. The summed E-state index contributed by atoms with van der Waals surface area (Å²) in [6, 6.07) is 0.812. The largest absolute Gasteiger partial charge is 0.444 e. The van der Waals surface area contributed by atoms with Gasteiger partial charge in [-0.05, 0) is 33.6 Å². The SMILES string of the molecule is CC(C)(C)OC(=O)N1C[C@@H]2CC[C@H]1CN2.Cl. The fraction of sp³-hybridized carbons (Fsp3) is 0.909. The van der Waals surface area contributed by atoms with E-state index in [1.54, 1.807) is 0 Å². The maximum atomic E-state index is 11.9. The Kier molecular flexibility index (Phi) is 4.07. The summed E-state index contributed by atoms with van der Waals surface area (Å²) in [5.74, 6) is 0. The smallest absolute Gasteiger partial charge is 0.410 e. The molecule has 0 aliphatic carbocycles. The molecule has 3 aliphatic heterocycles. The van der Waals surface area contributed by atoms with Crippen molar-refractivity contribution in [2.45, 2.75) is 51.3 Å². The van der Waals surface area contributed by atoms with Crippen LogP contribution in [0, 0.1) is 0 Å². The van der Waals surface area contributed by atoms with E-state index >= 15 is 0 Å². The first-order valence-corrected chi connectivity index (χ1v) is 5.69. The fourth-order valence-electron chi connectivity index (χ4n) is 2.25. The predicted molar refractivity (Wildman–Crippen MR) is 65.0 cm³/mol. The van der Waals surface area contributed by atoms with Crippen LogP contribution in [0.2, 0.25) is 0 Å². The van der Waals surface area contributed by atoms with Crippen molar-refractivity contribution in [3.63, 3.8) is 0 Å². The van der Waals surface area contributed by atoms with Gasteiger partial charge in [0.1, 0.15) is 5.60 Å². The van der Waals surface area contributed by atoms with Gasteiger partial charge in [0, 0.05) is 25.2 Å². The second-order valence-electron chi connectivity index (χ2n) is 5.47. The van der Waals surface area contributed by atoms with Crippen LogP contribution in [0.1, 0.15) is 33.6 Å². The summed E-state index contributed by atoms with van der Waals surface area (Å²) in [4.78, 5) is 13.8. The Hall–Kier alpha value is -0.480. The van der Waals surface area contributed by atoms with Crippen LogP contribution in [0.4, 0.5) is 4.79 Å². The van der Waals surface area contributed by atoms with Crippen molar-refractivity contribution < 1.29 is 9.53 Å². The number of hydrogen-bond donors (Lipinski definition) is 1. The topological polar surface area (TPSA) is 41.6 Å². The monoisotopic (exact) mass is 248 g/mol. The standard InChI is InChI=1S/C11H20N2O2.ClH/c1-11(2,3)15-10(14)13-7-8-4-5-9(13)6-12-8;/h8-9,12H,4-7H2,1-3H3;1H/t8-,9-;/m0./s1. The van der Waals surface area contributed by atoms with Crippen LogP contribution in [-0.4, -0.2) is 41.8 Å². The van der Waals surface area contributed by atoms with Gasteiger partial charge in [-0.15, -0.1) is 12.4 Å². The van der Waals surface area contributed by atoms with E-state index in [-0.39, 0.29) is 24.1 Å². The highest BCUT2D eigenvalue weighted by Crippen LogP contribution is 2.24. The molecule has 0 saturated carbocycles. The highest BCUT2D eigenvalue weighted by Gasteiger charge is 2.37. The summed E-state index contributed by atoms with van der Waals surface area (Å²) >= 11 is 0. The summed E-state index contributed by atoms with van der Waals surface area (Å²) in [6.45, 7) is 7.45. The lowest BCUT2D eigenvalue weighted by Crippen LogP contribution is -2.62. The first kappa shape index (κ1) is 13.6. The van der Waals surface area contributed by atoms with Crippen LogP contribution in [0.3, 0.4) is 0 Å². The van der Waals surface area contributed by atoms with E-state index in [9.17, 15) is 4.79 Å². The third-order valence-electron chi connectivity index (χ3n) is 2.98. The van der Waals surface area contributed by atoms with Gasteiger partial charge in [-0.25, -0.2) is 4.79 Å². The number of fused-ring (bicyclic) bond motifs is 3. The van der Waals surface area contributed by atoms with Crippen molar-refractivity contribution in [3.05, 3.63) is 0 Å². The number of amides is 1. The normalized spacial score (nSPS) is 28.6. The molecule has 0 spiro atoms. The van der Waals surface area contributed by atoms with Gasteiger partial charge < -0.3 is 15.0 Å². The molecule has 3 rings (SSSR count). The van der Waals surface area contributed by atoms with Crippen molar-refractivity contribution in [1.29, 1.82) is 0 Å². The molecular weight excluding hydrogens is 228 g/mol. The van der Waals surface area contributed by atoms with E-state index in [1.807, 2.05) is 25.7 Å². The Morgan fingerprint density at radius 2 is 2.06 bits per heavy atom. The number of carbonyl (C=O) groups excluding carboxylic acids is 1. The van der Waals surface area contributed by atoms with Gasteiger partial charge in [0.25, 0.3) is 0 Å². The highest BCUT2D eigenvalue weighted by atomic mass is 35.5. The molecule has 5 heteroatoms. The van der Waals surface area contributed by atoms with E-state index in [4.69, 9.17) is 4.74 Å². The Morgan fingerprint density at radius 1 is 1.38 bits per heavy atom. The van der Waals surface area contributed by atoms with E-state index in [1.165, 1.54) is 6.42 Å². The molecule has 2 atom stereocenters. The molecule has 16 heavy (non-hydrogen) atoms. The van der Waals surface area contributed by atoms with Crippen LogP contribution in [0.15, 0.2) is 0 Å². The summed E-state index contributed by atoms with van der Waals surface area (Å²) in [7, 11) is 0. The Labute approximate surface area is 103 Å². The van der Waals surface area contributed by atoms with Crippen molar-refractivity contribution >= 4 is 18.5 Å². The van der Waals surface area contributed by atoms with Crippen LogP contribution < -0.4 is 5.32 Å². The van der Waals surface area contributed by atoms with Crippen LogP contribution in [0.25, 0.3) is 0 Å². The number of ether oxygens (including phenoxy) is 1. The van der Waals surface area contributed by atoms with Gasteiger partial charge in [-0.1, -0.05) is 0 Å². The molecule has 0 radical (unpaired) electrons. The number of rotatable bonds is 0. The molecule has 3 heterocycles. The Bertz CT molecular complexity index is 257. The lowest BCUT2D eigenvalue weighted by molar-refractivity contribution is -0.00406. The van der Waals surface area contributed by atoms with Gasteiger partial charge in [0.15, 0.2) is 0 Å². The molecule has 3 aliphatic rings. The maximum absolute atomic E-state index is 11.9. The van der Waals surface area contributed by atoms with E-state index in [0.717, 1.165) is 19.5 Å². The van der Waals surface area contributed by atoms with Crippen molar-refractivity contribution in [2.24, 2.45) is 0 Å². The van der Waals surface area contributed by atoms with Crippen molar-refractivity contribution in [2.75, 3.05) is 13.1 Å². The number of carbonyl (C=O) groups is 1.